The summed E-state index contributed by atoms with van der Waals surface area (Å²) in [6.45, 7) is 1.71. The number of nitrogens with zero attached hydrogens (tertiary/aromatic N) is 3. The van der Waals surface area contributed by atoms with Gasteiger partial charge in [0.15, 0.2) is 15.9 Å². The minimum Gasteiger partial charge on any atom is -0.503 e. The number of aliphatic hydroxyl groups is 1. The predicted molar refractivity (Wildman–Crippen MR) is 142 cm³/mol. The van der Waals surface area contributed by atoms with Crippen molar-refractivity contribution in [3.05, 3.63) is 99.7 Å². The molecule has 1 N–H and O–H groups in total. The van der Waals surface area contributed by atoms with Gasteiger partial charge in [-0.3, -0.25) is 14.5 Å². The van der Waals surface area contributed by atoms with Crippen LogP contribution in [0.1, 0.15) is 33.5 Å². The van der Waals surface area contributed by atoms with Gasteiger partial charge in [0.05, 0.1) is 18.7 Å². The smallest absolute Gasteiger partial charge is 0.296 e. The maximum atomic E-state index is 13.5. The number of aromatic nitrogens is 2. The Balaban J connectivity index is 1.51. The van der Waals surface area contributed by atoms with Gasteiger partial charge in [-0.1, -0.05) is 65.0 Å². The molecule has 1 atom stereocenters. The summed E-state index contributed by atoms with van der Waals surface area (Å²) in [6.07, 6.45) is 0. The number of Topliss-reactive ketones (excluding diaryl/α,β-unsaturated/α-hetero) is 1. The highest BCUT2D eigenvalue weighted by molar-refractivity contribution is 8.00. The first-order valence-electron chi connectivity index (χ1n) is 11.1. The highest BCUT2D eigenvalue weighted by Gasteiger charge is 2.46. The fourth-order valence-electron chi connectivity index (χ4n) is 3.96. The summed E-state index contributed by atoms with van der Waals surface area (Å²) in [5.41, 5.74) is 1.40. The second-order valence-corrected chi connectivity index (χ2v) is 10.7. The largest absolute Gasteiger partial charge is 0.503 e. The van der Waals surface area contributed by atoms with Crippen LogP contribution in [-0.2, 0) is 10.5 Å². The number of furan rings is 1. The number of carbonyl (C=O) groups excluding carboxylic acids is 2. The Kier molecular flexibility index (Phi) is 7.05. The van der Waals surface area contributed by atoms with Crippen LogP contribution in [-0.4, -0.2) is 34.1 Å². The van der Waals surface area contributed by atoms with Crippen molar-refractivity contribution < 1.29 is 23.8 Å². The Morgan fingerprint density at radius 1 is 1.19 bits per heavy atom. The molecule has 0 aliphatic carbocycles. The highest BCUT2D eigenvalue weighted by atomic mass is 35.5. The fourth-order valence-corrected chi connectivity index (χ4v) is 6.12. The van der Waals surface area contributed by atoms with Crippen molar-refractivity contribution in [2.24, 2.45) is 0 Å². The van der Waals surface area contributed by atoms with E-state index in [-0.39, 0.29) is 16.5 Å². The molecule has 2 aromatic heterocycles. The molecule has 11 heteroatoms. The number of ether oxygens (including phenoxy) is 1. The molecule has 1 aliphatic heterocycles. The number of halogens is 1. The molecule has 8 nitrogen and oxygen atoms in total. The van der Waals surface area contributed by atoms with E-state index in [0.717, 1.165) is 5.56 Å². The van der Waals surface area contributed by atoms with E-state index in [2.05, 4.69) is 10.2 Å². The first-order chi connectivity index (χ1) is 17.9. The summed E-state index contributed by atoms with van der Waals surface area (Å²) in [5, 5.41) is 20.2. The molecule has 1 unspecified atom stereocenters. The van der Waals surface area contributed by atoms with Gasteiger partial charge in [-0.15, -0.1) is 10.2 Å². The van der Waals surface area contributed by atoms with E-state index in [4.69, 9.17) is 20.8 Å². The van der Waals surface area contributed by atoms with Gasteiger partial charge < -0.3 is 14.3 Å². The number of rotatable bonds is 8. The maximum absolute atomic E-state index is 13.5. The second kappa shape index (κ2) is 10.4. The van der Waals surface area contributed by atoms with Gasteiger partial charge >= 0.3 is 0 Å². The molecule has 0 spiro atoms. The number of thioether (sulfide) groups is 1. The number of hydrogen-bond donors (Lipinski definition) is 1. The average molecular weight is 554 g/mol. The molecule has 4 aromatic rings. The number of aliphatic hydroxyl groups excluding tert-OH is 1. The Morgan fingerprint density at radius 2 is 2.00 bits per heavy atom. The van der Waals surface area contributed by atoms with Crippen LogP contribution in [0.15, 0.2) is 80.8 Å². The van der Waals surface area contributed by atoms with Gasteiger partial charge in [0.1, 0.15) is 11.5 Å². The van der Waals surface area contributed by atoms with Gasteiger partial charge in [-0.2, -0.15) is 0 Å². The number of carbonyl (C=O) groups is 2. The molecule has 0 radical (unpaired) electrons. The summed E-state index contributed by atoms with van der Waals surface area (Å²) in [5.74, 6) is -0.350. The van der Waals surface area contributed by atoms with E-state index in [1.54, 1.807) is 37.3 Å². The van der Waals surface area contributed by atoms with E-state index in [1.165, 1.54) is 41.2 Å². The third-order valence-corrected chi connectivity index (χ3v) is 8.21. The number of ketones is 1. The van der Waals surface area contributed by atoms with Crippen molar-refractivity contribution >= 4 is 51.5 Å². The summed E-state index contributed by atoms with van der Waals surface area (Å²) >= 11 is 8.87. The van der Waals surface area contributed by atoms with Crippen LogP contribution in [0.5, 0.6) is 5.75 Å². The van der Waals surface area contributed by atoms with Crippen LogP contribution >= 0.6 is 34.7 Å². The lowest BCUT2D eigenvalue weighted by atomic mass is 9.95. The Hall–Kier alpha value is -3.60. The third kappa shape index (κ3) is 4.87. The van der Waals surface area contributed by atoms with Gasteiger partial charge in [0.2, 0.25) is 10.9 Å². The summed E-state index contributed by atoms with van der Waals surface area (Å²) < 4.78 is 11.5. The van der Waals surface area contributed by atoms with E-state index in [9.17, 15) is 14.7 Å². The van der Waals surface area contributed by atoms with E-state index >= 15 is 0 Å². The van der Waals surface area contributed by atoms with Crippen molar-refractivity contribution in [1.29, 1.82) is 0 Å². The van der Waals surface area contributed by atoms with Crippen LogP contribution in [0.4, 0.5) is 5.13 Å². The van der Waals surface area contributed by atoms with Crippen LogP contribution in [0, 0.1) is 6.92 Å². The molecular weight excluding hydrogens is 534 g/mol. The summed E-state index contributed by atoms with van der Waals surface area (Å²) in [6, 6.07) is 16.7. The van der Waals surface area contributed by atoms with Crippen molar-refractivity contribution in [3.8, 4) is 5.75 Å². The molecule has 1 aliphatic rings. The van der Waals surface area contributed by atoms with Crippen LogP contribution in [0.2, 0.25) is 5.02 Å². The molecule has 37 heavy (non-hydrogen) atoms. The zero-order chi connectivity index (χ0) is 26.1. The predicted octanol–water partition coefficient (Wildman–Crippen LogP) is 6.18. The van der Waals surface area contributed by atoms with Crippen molar-refractivity contribution in [2.45, 2.75) is 23.1 Å². The van der Waals surface area contributed by atoms with Gasteiger partial charge in [-0.05, 0) is 48.4 Å². The SMILES string of the molecule is COc1cccc(C2C(C(=O)c3ccc(C)o3)=C(O)C(=O)N2c2nnc(SCc3ccccc3Cl)s2)c1. The van der Waals surface area contributed by atoms with Gasteiger partial charge in [-0.25, -0.2) is 0 Å². The van der Waals surface area contributed by atoms with Crippen molar-refractivity contribution in [3.63, 3.8) is 0 Å². The van der Waals surface area contributed by atoms with Crippen molar-refractivity contribution in [1.82, 2.24) is 10.2 Å². The Morgan fingerprint density at radius 3 is 2.73 bits per heavy atom. The minimum absolute atomic E-state index is 0.0230. The highest BCUT2D eigenvalue weighted by Crippen LogP contribution is 2.44. The quantitative estimate of drug-likeness (QED) is 0.157. The first kappa shape index (κ1) is 25.1. The van der Waals surface area contributed by atoms with Gasteiger partial charge in [0.25, 0.3) is 5.91 Å². The topological polar surface area (TPSA) is 106 Å². The normalized spacial score (nSPS) is 15.5. The molecule has 5 rings (SSSR count). The summed E-state index contributed by atoms with van der Waals surface area (Å²) in [4.78, 5) is 28.1. The summed E-state index contributed by atoms with van der Waals surface area (Å²) in [7, 11) is 1.52. The molecule has 2 aromatic carbocycles. The third-order valence-electron chi connectivity index (χ3n) is 5.74. The fraction of sp³-hybridized carbons (Fsp3) is 0.154. The molecule has 1 amide bonds. The molecule has 0 fully saturated rings. The van der Waals surface area contributed by atoms with Crippen LogP contribution in [0.3, 0.4) is 0 Å². The Bertz CT molecular complexity index is 1530. The number of benzene rings is 2. The standard InChI is InChI=1S/C26H20ClN3O5S2/c1-14-10-11-19(35-14)22(31)20-21(15-7-5-8-17(12-15)34-2)30(24(33)23(20)32)25-28-29-26(37-25)36-13-16-6-3-4-9-18(16)27/h3-12,21,32H,13H2,1-2H3. The average Bonchev–Trinajstić information content (AvgIpc) is 3.62. The monoisotopic (exact) mass is 553 g/mol. The van der Waals surface area contributed by atoms with Crippen molar-refractivity contribution in [2.75, 3.05) is 12.0 Å². The van der Waals surface area contributed by atoms with E-state index in [1.807, 2.05) is 24.3 Å². The van der Waals surface area contributed by atoms with E-state index < -0.39 is 23.5 Å². The number of methoxy groups -OCH3 is 1. The number of hydrogen-bond acceptors (Lipinski definition) is 9. The second-order valence-electron chi connectivity index (χ2n) is 8.09. The zero-order valence-electron chi connectivity index (χ0n) is 19.7. The van der Waals surface area contributed by atoms with Gasteiger partial charge in [0, 0.05) is 10.8 Å². The Labute approximate surface area is 225 Å². The molecule has 3 heterocycles. The molecule has 0 bridgehead atoms. The van der Waals surface area contributed by atoms with Crippen LogP contribution in [0.25, 0.3) is 0 Å². The number of aryl methyl sites for hydroxylation is 1. The van der Waals surface area contributed by atoms with E-state index in [0.29, 0.717) is 32.2 Å². The molecular formula is C26H20ClN3O5S2. The maximum Gasteiger partial charge on any atom is 0.296 e. The molecule has 0 saturated heterocycles. The lowest BCUT2D eigenvalue weighted by Crippen LogP contribution is -2.31. The lowest BCUT2D eigenvalue weighted by Gasteiger charge is -2.24. The zero-order valence-corrected chi connectivity index (χ0v) is 22.1. The minimum atomic E-state index is -0.963. The lowest BCUT2D eigenvalue weighted by molar-refractivity contribution is -0.117. The molecule has 188 valence electrons. The number of amides is 1. The number of anilines is 1. The molecule has 0 saturated carbocycles. The van der Waals surface area contributed by atoms with Crippen LogP contribution < -0.4 is 9.64 Å². The first-order valence-corrected chi connectivity index (χ1v) is 13.3.